The lowest BCUT2D eigenvalue weighted by Crippen LogP contribution is -2.50. The molecule has 0 spiro atoms. The minimum absolute atomic E-state index is 0. The summed E-state index contributed by atoms with van der Waals surface area (Å²) in [7, 11) is 0. The topological polar surface area (TPSA) is 49.3 Å². The first-order valence-electron chi connectivity index (χ1n) is 10.2. The molecular formula is C21H33IN4O2. The Labute approximate surface area is 185 Å². The van der Waals surface area contributed by atoms with Gasteiger partial charge in [-0.05, 0) is 12.5 Å². The number of hydrogen-bond donors (Lipinski definition) is 1. The molecule has 3 saturated heterocycles. The van der Waals surface area contributed by atoms with E-state index in [1.54, 1.807) is 0 Å². The molecule has 7 heteroatoms. The number of guanidine groups is 1. The molecule has 156 valence electrons. The maximum Gasteiger partial charge on any atom is 0.194 e. The number of benzene rings is 1. The van der Waals surface area contributed by atoms with E-state index in [-0.39, 0.29) is 35.5 Å². The summed E-state index contributed by atoms with van der Waals surface area (Å²) in [6.45, 7) is 12.4. The van der Waals surface area contributed by atoms with Gasteiger partial charge in [-0.1, -0.05) is 37.3 Å². The van der Waals surface area contributed by atoms with Crippen molar-refractivity contribution < 1.29 is 9.47 Å². The summed E-state index contributed by atoms with van der Waals surface area (Å²) in [5, 5.41) is 3.48. The molecule has 0 bridgehead atoms. The number of likely N-dealkylation sites (tertiary alicyclic amines) is 1. The Balaban J connectivity index is 0.00000225. The molecule has 3 fully saturated rings. The van der Waals surface area contributed by atoms with E-state index in [1.807, 2.05) is 0 Å². The van der Waals surface area contributed by atoms with E-state index in [1.165, 1.54) is 5.56 Å². The van der Waals surface area contributed by atoms with E-state index in [4.69, 9.17) is 14.5 Å². The van der Waals surface area contributed by atoms with Gasteiger partial charge >= 0.3 is 0 Å². The van der Waals surface area contributed by atoms with Crippen molar-refractivity contribution in [3.05, 3.63) is 35.9 Å². The summed E-state index contributed by atoms with van der Waals surface area (Å²) in [5.41, 5.74) is 1.57. The third-order valence-electron chi connectivity index (χ3n) is 5.79. The van der Waals surface area contributed by atoms with Gasteiger partial charge in [-0.15, -0.1) is 24.0 Å². The maximum atomic E-state index is 6.12. The standard InChI is InChI=1S/C21H32N4O2.HI/c1-3-22-20(23-14-21(2)15-26-16-21)25-12-18-19(13-25)27-10-9-24(18)11-17-7-5-4-6-8-17;/h4-8,18-19H,3,9-16H2,1-2H3,(H,22,23);1H. The van der Waals surface area contributed by atoms with E-state index in [9.17, 15) is 0 Å². The Morgan fingerprint density at radius 1 is 1.25 bits per heavy atom. The SMILES string of the molecule is CCNC(=NCC1(C)COC1)N1CC2OCCN(Cc3ccccc3)C2C1.I. The lowest BCUT2D eigenvalue weighted by atomic mass is 9.89. The van der Waals surface area contributed by atoms with E-state index >= 15 is 0 Å². The molecule has 0 aromatic heterocycles. The number of halogens is 1. The van der Waals surface area contributed by atoms with Crippen LogP contribution in [0, 0.1) is 5.41 Å². The summed E-state index contributed by atoms with van der Waals surface area (Å²) >= 11 is 0. The maximum absolute atomic E-state index is 6.12. The first-order chi connectivity index (χ1) is 13.2. The van der Waals surface area contributed by atoms with Crippen molar-refractivity contribution in [2.45, 2.75) is 32.5 Å². The van der Waals surface area contributed by atoms with Crippen molar-refractivity contribution in [3.63, 3.8) is 0 Å². The molecule has 0 radical (unpaired) electrons. The van der Waals surface area contributed by atoms with Gasteiger partial charge in [0.1, 0.15) is 0 Å². The fraction of sp³-hybridized carbons (Fsp3) is 0.667. The van der Waals surface area contributed by atoms with Crippen LogP contribution in [-0.2, 0) is 16.0 Å². The average molecular weight is 500 g/mol. The Kier molecular flexibility index (Phi) is 7.58. The average Bonchev–Trinajstić information content (AvgIpc) is 3.09. The van der Waals surface area contributed by atoms with Crippen LogP contribution in [-0.4, -0.2) is 80.4 Å². The minimum atomic E-state index is 0. The van der Waals surface area contributed by atoms with Crippen molar-refractivity contribution in [1.29, 1.82) is 0 Å². The first kappa shape index (κ1) is 21.8. The molecule has 0 saturated carbocycles. The van der Waals surface area contributed by atoms with Gasteiger partial charge < -0.3 is 19.7 Å². The van der Waals surface area contributed by atoms with Crippen LogP contribution in [0.5, 0.6) is 0 Å². The van der Waals surface area contributed by atoms with Gasteiger partial charge in [0, 0.05) is 38.1 Å². The second-order valence-electron chi connectivity index (χ2n) is 8.31. The van der Waals surface area contributed by atoms with Crippen molar-refractivity contribution in [3.8, 4) is 0 Å². The number of aliphatic imine (C=N–C) groups is 1. The second-order valence-corrected chi connectivity index (χ2v) is 8.31. The monoisotopic (exact) mass is 500 g/mol. The Morgan fingerprint density at radius 3 is 2.71 bits per heavy atom. The molecule has 1 aromatic rings. The fourth-order valence-corrected chi connectivity index (χ4v) is 4.18. The van der Waals surface area contributed by atoms with E-state index < -0.39 is 0 Å². The van der Waals surface area contributed by atoms with Crippen LogP contribution < -0.4 is 5.32 Å². The third kappa shape index (κ3) is 4.98. The van der Waals surface area contributed by atoms with Gasteiger partial charge in [0.05, 0.1) is 38.5 Å². The lowest BCUT2D eigenvalue weighted by molar-refractivity contribution is -0.0946. The van der Waals surface area contributed by atoms with Gasteiger partial charge in [-0.2, -0.15) is 0 Å². The molecule has 2 atom stereocenters. The second kappa shape index (κ2) is 9.73. The number of hydrogen-bond acceptors (Lipinski definition) is 4. The Hall–Kier alpha value is -0.900. The number of fused-ring (bicyclic) bond motifs is 1. The summed E-state index contributed by atoms with van der Waals surface area (Å²) in [6.07, 6.45) is 0.258. The molecule has 0 aliphatic carbocycles. The highest BCUT2D eigenvalue weighted by molar-refractivity contribution is 14.0. The van der Waals surface area contributed by atoms with Crippen LogP contribution in [0.25, 0.3) is 0 Å². The number of nitrogens with zero attached hydrogens (tertiary/aromatic N) is 3. The van der Waals surface area contributed by atoms with E-state index in [2.05, 4.69) is 59.3 Å². The van der Waals surface area contributed by atoms with E-state index in [0.717, 1.165) is 65.0 Å². The zero-order valence-electron chi connectivity index (χ0n) is 17.0. The highest BCUT2D eigenvalue weighted by Gasteiger charge is 2.41. The summed E-state index contributed by atoms with van der Waals surface area (Å²) in [4.78, 5) is 9.89. The Morgan fingerprint density at radius 2 is 2.04 bits per heavy atom. The molecule has 3 aliphatic rings. The van der Waals surface area contributed by atoms with Gasteiger partial charge in [-0.3, -0.25) is 9.89 Å². The number of rotatable bonds is 5. The van der Waals surface area contributed by atoms with Crippen LogP contribution in [0.1, 0.15) is 19.4 Å². The summed E-state index contributed by atoms with van der Waals surface area (Å²) in [6, 6.07) is 11.2. The molecule has 4 rings (SSSR count). The van der Waals surface area contributed by atoms with Crippen LogP contribution in [0.3, 0.4) is 0 Å². The quantitative estimate of drug-likeness (QED) is 0.382. The first-order valence-corrected chi connectivity index (χ1v) is 10.2. The molecule has 1 N–H and O–H groups in total. The van der Waals surface area contributed by atoms with Gasteiger partial charge in [-0.25, -0.2) is 0 Å². The van der Waals surface area contributed by atoms with E-state index in [0.29, 0.717) is 6.04 Å². The lowest BCUT2D eigenvalue weighted by Gasteiger charge is -2.37. The summed E-state index contributed by atoms with van der Waals surface area (Å²) < 4.78 is 11.5. The van der Waals surface area contributed by atoms with Crippen LogP contribution in [0.2, 0.25) is 0 Å². The van der Waals surface area contributed by atoms with Gasteiger partial charge in [0.25, 0.3) is 0 Å². The van der Waals surface area contributed by atoms with Gasteiger partial charge in [0.15, 0.2) is 5.96 Å². The predicted octanol–water partition coefficient (Wildman–Crippen LogP) is 2.19. The minimum Gasteiger partial charge on any atom is -0.380 e. The normalized spacial score (nSPS) is 26.9. The number of morpholine rings is 1. The molecule has 3 heterocycles. The largest absolute Gasteiger partial charge is 0.380 e. The Bertz CT molecular complexity index is 653. The number of nitrogens with one attached hydrogen (secondary N) is 1. The third-order valence-corrected chi connectivity index (χ3v) is 5.79. The van der Waals surface area contributed by atoms with Crippen LogP contribution >= 0.6 is 24.0 Å². The van der Waals surface area contributed by atoms with Crippen molar-refractivity contribution in [1.82, 2.24) is 15.1 Å². The smallest absolute Gasteiger partial charge is 0.194 e. The molecule has 6 nitrogen and oxygen atoms in total. The summed E-state index contributed by atoms with van der Waals surface area (Å²) in [5.74, 6) is 1.02. The van der Waals surface area contributed by atoms with Crippen molar-refractivity contribution in [2.75, 3.05) is 52.5 Å². The van der Waals surface area contributed by atoms with Crippen LogP contribution in [0.15, 0.2) is 35.3 Å². The molecule has 28 heavy (non-hydrogen) atoms. The van der Waals surface area contributed by atoms with Gasteiger partial charge in [0.2, 0.25) is 0 Å². The predicted molar refractivity (Wildman–Crippen MR) is 122 cm³/mol. The zero-order valence-corrected chi connectivity index (χ0v) is 19.3. The molecule has 1 aromatic carbocycles. The zero-order chi connectivity index (χ0) is 18.7. The molecular weight excluding hydrogens is 467 g/mol. The number of ether oxygens (including phenoxy) is 2. The fourth-order valence-electron chi connectivity index (χ4n) is 4.18. The highest BCUT2D eigenvalue weighted by Crippen LogP contribution is 2.28. The highest BCUT2D eigenvalue weighted by atomic mass is 127. The van der Waals surface area contributed by atoms with Crippen molar-refractivity contribution in [2.24, 2.45) is 10.4 Å². The molecule has 3 aliphatic heterocycles. The van der Waals surface area contributed by atoms with Crippen molar-refractivity contribution >= 4 is 29.9 Å². The van der Waals surface area contributed by atoms with Crippen LogP contribution in [0.4, 0.5) is 0 Å². The molecule has 0 amide bonds. The molecule has 2 unspecified atom stereocenters.